The molecular weight excluding hydrogens is 346 g/mol. The van der Waals surface area contributed by atoms with Crippen LogP contribution < -0.4 is 10.5 Å². The van der Waals surface area contributed by atoms with E-state index in [1.54, 1.807) is 17.5 Å². The number of nitrogen functional groups attached to an aromatic ring is 1. The summed E-state index contributed by atoms with van der Waals surface area (Å²) in [7, 11) is 0. The first-order chi connectivity index (χ1) is 12.7. The molecule has 0 saturated heterocycles. The lowest BCUT2D eigenvalue weighted by Gasteiger charge is -2.09. The van der Waals surface area contributed by atoms with Gasteiger partial charge in [-0.15, -0.1) is 11.3 Å². The van der Waals surface area contributed by atoms with Crippen LogP contribution in [0.3, 0.4) is 0 Å². The molecule has 1 aliphatic rings. The zero-order chi connectivity index (χ0) is 17.9. The van der Waals surface area contributed by atoms with Gasteiger partial charge in [0.2, 0.25) is 0 Å². The van der Waals surface area contributed by atoms with Crippen molar-refractivity contribution in [3.05, 3.63) is 70.7 Å². The second-order valence-electron chi connectivity index (χ2n) is 6.25. The molecule has 0 amide bonds. The third-order valence-electron chi connectivity index (χ3n) is 4.20. The van der Waals surface area contributed by atoms with E-state index in [2.05, 4.69) is 23.1 Å². The van der Waals surface area contributed by atoms with E-state index in [0.717, 1.165) is 34.9 Å². The molecular formula is C20H19N3O2S. The summed E-state index contributed by atoms with van der Waals surface area (Å²) in [5.41, 5.74) is 9.03. The number of pyridine rings is 1. The highest BCUT2D eigenvalue weighted by atomic mass is 32.1. The minimum Gasteiger partial charge on any atom is -0.447 e. The summed E-state index contributed by atoms with van der Waals surface area (Å²) in [6.07, 6.45) is 3.00. The Morgan fingerprint density at radius 1 is 1.19 bits per heavy atom. The molecule has 1 atom stereocenters. The molecule has 0 aliphatic carbocycles. The molecule has 5 nitrogen and oxygen atoms in total. The summed E-state index contributed by atoms with van der Waals surface area (Å²) >= 11 is 1.62. The number of hydrogen-bond donors (Lipinski definition) is 1. The van der Waals surface area contributed by atoms with E-state index in [1.807, 2.05) is 42.5 Å². The van der Waals surface area contributed by atoms with Crippen LogP contribution >= 0.6 is 11.3 Å². The molecule has 1 aliphatic heterocycles. The van der Waals surface area contributed by atoms with Crippen molar-refractivity contribution < 1.29 is 9.57 Å². The highest BCUT2D eigenvalue weighted by Gasteiger charge is 2.25. The first-order valence-electron chi connectivity index (χ1n) is 8.42. The number of hydrogen-bond acceptors (Lipinski definition) is 6. The summed E-state index contributed by atoms with van der Waals surface area (Å²) in [4.78, 5) is 10.9. The number of aromatic nitrogens is 1. The molecule has 132 valence electrons. The quantitative estimate of drug-likeness (QED) is 0.699. The Morgan fingerprint density at radius 2 is 2.04 bits per heavy atom. The second-order valence-corrected chi connectivity index (χ2v) is 7.38. The highest BCUT2D eigenvalue weighted by Crippen LogP contribution is 2.34. The van der Waals surface area contributed by atoms with Gasteiger partial charge >= 0.3 is 0 Å². The number of ether oxygens (including phenoxy) is 1. The van der Waals surface area contributed by atoms with Gasteiger partial charge in [0.1, 0.15) is 11.6 Å². The predicted molar refractivity (Wildman–Crippen MR) is 104 cm³/mol. The van der Waals surface area contributed by atoms with E-state index < -0.39 is 0 Å². The molecule has 26 heavy (non-hydrogen) atoms. The van der Waals surface area contributed by atoms with Crippen LogP contribution in [-0.2, 0) is 11.3 Å². The van der Waals surface area contributed by atoms with Gasteiger partial charge in [-0.2, -0.15) is 0 Å². The molecule has 4 rings (SSSR count). The Labute approximate surface area is 156 Å². The number of anilines is 1. The van der Waals surface area contributed by atoms with Crippen molar-refractivity contribution in [3.63, 3.8) is 0 Å². The molecule has 0 fully saturated rings. The maximum Gasteiger partial charge on any atom is 0.181 e. The smallest absolute Gasteiger partial charge is 0.181 e. The molecule has 3 aromatic rings. The van der Waals surface area contributed by atoms with Gasteiger partial charge in [0.05, 0.1) is 5.71 Å². The number of thiophene rings is 1. The lowest BCUT2D eigenvalue weighted by molar-refractivity contribution is 0.0860. The summed E-state index contributed by atoms with van der Waals surface area (Å²) in [5.74, 6) is 1.34. The van der Waals surface area contributed by atoms with Crippen LogP contribution in [0.25, 0.3) is 0 Å². The van der Waals surface area contributed by atoms with Crippen LogP contribution in [0.5, 0.6) is 10.8 Å². The summed E-state index contributed by atoms with van der Waals surface area (Å²) in [5, 5.41) is 5.10. The van der Waals surface area contributed by atoms with E-state index in [9.17, 15) is 0 Å². The Hall–Kier alpha value is -2.86. The number of oxime groups is 1. The van der Waals surface area contributed by atoms with Gasteiger partial charge in [0.15, 0.2) is 11.2 Å². The number of nitrogens with two attached hydrogens (primary N) is 1. The van der Waals surface area contributed by atoms with Crippen molar-refractivity contribution in [2.75, 3.05) is 5.73 Å². The molecule has 0 saturated carbocycles. The Morgan fingerprint density at radius 3 is 2.85 bits per heavy atom. The number of aryl methyl sites for hydroxylation is 1. The van der Waals surface area contributed by atoms with Crippen molar-refractivity contribution >= 4 is 22.9 Å². The number of benzene rings is 1. The molecule has 3 heterocycles. The Bertz CT molecular complexity index is 934. The Kier molecular flexibility index (Phi) is 4.58. The first-order valence-corrected chi connectivity index (χ1v) is 9.24. The maximum atomic E-state index is 5.93. The molecule has 6 heteroatoms. The van der Waals surface area contributed by atoms with Gasteiger partial charge in [-0.25, -0.2) is 4.98 Å². The normalized spacial score (nSPS) is 16.2. The molecule has 1 aromatic carbocycles. The van der Waals surface area contributed by atoms with Gasteiger partial charge in [-0.1, -0.05) is 22.9 Å². The van der Waals surface area contributed by atoms with Crippen LogP contribution in [0.15, 0.2) is 59.9 Å². The van der Waals surface area contributed by atoms with Gasteiger partial charge in [0, 0.05) is 29.5 Å². The van der Waals surface area contributed by atoms with Crippen LogP contribution in [0.1, 0.15) is 28.5 Å². The van der Waals surface area contributed by atoms with E-state index >= 15 is 0 Å². The van der Waals surface area contributed by atoms with Crippen molar-refractivity contribution in [1.82, 2.24) is 4.98 Å². The fourth-order valence-electron chi connectivity index (χ4n) is 2.83. The molecule has 0 spiro atoms. The minimum atomic E-state index is -0.151. The summed E-state index contributed by atoms with van der Waals surface area (Å²) in [6.45, 7) is 2.06. The van der Waals surface area contributed by atoms with E-state index in [-0.39, 0.29) is 6.10 Å². The first kappa shape index (κ1) is 16.6. The van der Waals surface area contributed by atoms with Crippen LogP contribution in [0.4, 0.5) is 5.82 Å². The van der Waals surface area contributed by atoms with Crippen molar-refractivity contribution in [3.8, 4) is 10.8 Å². The van der Waals surface area contributed by atoms with Gasteiger partial charge in [-0.3, -0.25) is 0 Å². The maximum absolute atomic E-state index is 5.93. The van der Waals surface area contributed by atoms with E-state index in [4.69, 9.17) is 15.3 Å². The lowest BCUT2D eigenvalue weighted by Crippen LogP contribution is -2.05. The zero-order valence-corrected chi connectivity index (χ0v) is 15.2. The zero-order valence-electron chi connectivity index (χ0n) is 14.4. The van der Waals surface area contributed by atoms with Gasteiger partial charge in [0.25, 0.3) is 0 Å². The third kappa shape index (κ3) is 3.70. The van der Waals surface area contributed by atoms with Crippen molar-refractivity contribution in [1.29, 1.82) is 0 Å². The second kappa shape index (κ2) is 7.17. The summed E-state index contributed by atoms with van der Waals surface area (Å²) in [6, 6.07) is 15.9. The lowest BCUT2D eigenvalue weighted by atomic mass is 10.0. The standard InChI is InChI=1S/C20H19N3O2S/c1-13-4-6-15(7-5-13)24-19-9-8-16(26-19)11-14-12-18(25-23-14)17-3-2-10-22-20(17)21/h2-10,18H,11-12H2,1H3,(H2,21,22). The average Bonchev–Trinajstić information content (AvgIpc) is 3.27. The van der Waals surface area contributed by atoms with Crippen LogP contribution in [0, 0.1) is 6.92 Å². The molecule has 0 radical (unpaired) electrons. The van der Waals surface area contributed by atoms with Crippen molar-refractivity contribution in [2.24, 2.45) is 5.16 Å². The van der Waals surface area contributed by atoms with E-state index in [1.165, 1.54) is 10.4 Å². The fraction of sp³-hybridized carbons (Fsp3) is 0.200. The monoisotopic (exact) mass is 365 g/mol. The number of rotatable bonds is 5. The topological polar surface area (TPSA) is 69.7 Å². The van der Waals surface area contributed by atoms with E-state index in [0.29, 0.717) is 5.82 Å². The van der Waals surface area contributed by atoms with Gasteiger partial charge < -0.3 is 15.3 Å². The van der Waals surface area contributed by atoms with Crippen molar-refractivity contribution in [2.45, 2.75) is 25.9 Å². The summed E-state index contributed by atoms with van der Waals surface area (Å²) < 4.78 is 5.91. The SMILES string of the molecule is Cc1ccc(Oc2ccc(CC3=NOC(c4cccnc4N)C3)s2)cc1. The largest absolute Gasteiger partial charge is 0.447 e. The van der Waals surface area contributed by atoms with Crippen LogP contribution in [-0.4, -0.2) is 10.7 Å². The van der Waals surface area contributed by atoms with Gasteiger partial charge in [-0.05, 0) is 43.3 Å². The number of nitrogens with zero attached hydrogens (tertiary/aromatic N) is 2. The Balaban J connectivity index is 1.37. The fourth-order valence-corrected chi connectivity index (χ4v) is 3.74. The average molecular weight is 365 g/mol. The predicted octanol–water partition coefficient (Wildman–Crippen LogP) is 4.89. The third-order valence-corrected chi connectivity index (χ3v) is 5.17. The molecule has 1 unspecified atom stereocenters. The molecule has 2 aromatic heterocycles. The minimum absolute atomic E-state index is 0.151. The molecule has 2 N–H and O–H groups in total. The highest BCUT2D eigenvalue weighted by molar-refractivity contribution is 7.13. The van der Waals surface area contributed by atoms with Crippen LogP contribution in [0.2, 0.25) is 0 Å². The molecule has 0 bridgehead atoms.